The number of rotatable bonds is 3. The van der Waals surface area contributed by atoms with E-state index in [1.807, 2.05) is 23.1 Å². The van der Waals surface area contributed by atoms with Gasteiger partial charge in [-0.3, -0.25) is 14.7 Å². The Hall–Kier alpha value is -2.14. The number of anilines is 1. The Bertz CT molecular complexity index is 671. The van der Waals surface area contributed by atoms with Crippen LogP contribution in [-0.4, -0.2) is 35.4 Å². The Balaban J connectivity index is 1.51. The summed E-state index contributed by atoms with van der Waals surface area (Å²) < 4.78 is 5.16. The highest BCUT2D eigenvalue weighted by Crippen LogP contribution is 2.41. The van der Waals surface area contributed by atoms with Gasteiger partial charge in [0, 0.05) is 31.4 Å². The number of nitrogens with zero attached hydrogens (tertiary/aromatic N) is 3. The Morgan fingerprint density at radius 1 is 1.26 bits per heavy atom. The fourth-order valence-corrected chi connectivity index (χ4v) is 3.96. The van der Waals surface area contributed by atoms with Gasteiger partial charge >= 0.3 is 0 Å². The molecule has 0 aliphatic carbocycles. The topological polar surface area (TPSA) is 49.6 Å². The summed E-state index contributed by atoms with van der Waals surface area (Å²) in [6.07, 6.45) is 10.0. The molecule has 1 amide bonds. The number of amides is 1. The molecule has 2 aromatic heterocycles. The van der Waals surface area contributed by atoms with Gasteiger partial charge in [0.1, 0.15) is 0 Å². The number of likely N-dealkylation sites (tertiary alicyclic amines) is 1. The average molecular weight is 311 g/mol. The second-order valence-corrected chi connectivity index (χ2v) is 6.64. The van der Waals surface area contributed by atoms with E-state index in [-0.39, 0.29) is 11.3 Å². The Kier molecular flexibility index (Phi) is 3.65. The molecule has 1 atom stereocenters. The Labute approximate surface area is 135 Å². The predicted octanol–water partition coefficient (Wildman–Crippen LogP) is 2.69. The molecule has 2 aliphatic heterocycles. The number of carbonyl (C=O) groups excluding carboxylic acids is 1. The average Bonchev–Trinajstić information content (AvgIpc) is 3.19. The fourth-order valence-electron chi connectivity index (χ4n) is 3.96. The lowest BCUT2D eigenvalue weighted by molar-refractivity contribution is -0.128. The third kappa shape index (κ3) is 2.65. The summed E-state index contributed by atoms with van der Waals surface area (Å²) in [6, 6.07) is 5.86. The minimum absolute atomic E-state index is 0.224. The first-order valence-corrected chi connectivity index (χ1v) is 8.22. The van der Waals surface area contributed by atoms with Crippen molar-refractivity contribution in [2.24, 2.45) is 5.41 Å². The van der Waals surface area contributed by atoms with Crippen molar-refractivity contribution in [2.75, 3.05) is 24.5 Å². The first-order valence-electron chi connectivity index (χ1n) is 8.22. The van der Waals surface area contributed by atoms with E-state index >= 15 is 0 Å². The molecule has 5 heteroatoms. The number of hydrogen-bond acceptors (Lipinski definition) is 4. The minimum Gasteiger partial charge on any atom is -0.472 e. The number of carbonyl (C=O) groups is 1. The van der Waals surface area contributed by atoms with E-state index in [0.717, 1.165) is 51.1 Å². The summed E-state index contributed by atoms with van der Waals surface area (Å²) in [5, 5.41) is 0. The van der Waals surface area contributed by atoms with Crippen LogP contribution >= 0.6 is 0 Å². The lowest BCUT2D eigenvalue weighted by Gasteiger charge is -2.38. The molecule has 1 spiro atoms. The molecule has 120 valence electrons. The molecular weight excluding hydrogens is 290 g/mol. The second kappa shape index (κ2) is 5.81. The zero-order chi connectivity index (χ0) is 15.7. The summed E-state index contributed by atoms with van der Waals surface area (Å²) in [5.41, 5.74) is 1.87. The highest BCUT2D eigenvalue weighted by atomic mass is 16.3. The van der Waals surface area contributed by atoms with Gasteiger partial charge in [0.2, 0.25) is 5.91 Å². The van der Waals surface area contributed by atoms with Crippen molar-refractivity contribution < 1.29 is 9.21 Å². The highest BCUT2D eigenvalue weighted by Gasteiger charge is 2.49. The zero-order valence-electron chi connectivity index (χ0n) is 13.1. The van der Waals surface area contributed by atoms with Gasteiger partial charge in [-0.15, -0.1) is 0 Å². The van der Waals surface area contributed by atoms with Gasteiger partial charge in [0.05, 0.1) is 29.8 Å². The van der Waals surface area contributed by atoms with Crippen LogP contribution in [0.3, 0.4) is 0 Å². The molecule has 2 aromatic rings. The SMILES string of the molecule is O=C1N(c2cccnc2)CC[C@@]12CCCN(Cc1ccoc1)C2. The van der Waals surface area contributed by atoms with E-state index in [4.69, 9.17) is 4.42 Å². The summed E-state index contributed by atoms with van der Waals surface area (Å²) in [7, 11) is 0. The molecule has 0 N–H and O–H groups in total. The van der Waals surface area contributed by atoms with Crippen LogP contribution in [0.4, 0.5) is 5.69 Å². The lowest BCUT2D eigenvalue weighted by Crippen LogP contribution is -2.47. The van der Waals surface area contributed by atoms with Gasteiger partial charge in [0.25, 0.3) is 0 Å². The minimum atomic E-state index is -0.224. The van der Waals surface area contributed by atoms with E-state index in [9.17, 15) is 4.79 Å². The summed E-state index contributed by atoms with van der Waals surface area (Å²) in [6.45, 7) is 3.55. The number of pyridine rings is 1. The van der Waals surface area contributed by atoms with Crippen LogP contribution in [0.5, 0.6) is 0 Å². The van der Waals surface area contributed by atoms with Gasteiger partial charge in [-0.25, -0.2) is 0 Å². The molecule has 0 aromatic carbocycles. The van der Waals surface area contributed by atoms with Crippen LogP contribution < -0.4 is 4.90 Å². The van der Waals surface area contributed by atoms with Crippen LogP contribution in [0.2, 0.25) is 0 Å². The standard InChI is InChI=1S/C18H21N3O2/c22-17-18(6-9-21(17)16-3-1-7-19-11-16)5-2-8-20(14-18)12-15-4-10-23-13-15/h1,3-4,7,10-11,13H,2,5-6,8-9,12,14H2/t18-/m1/s1. The first-order chi connectivity index (χ1) is 11.3. The van der Waals surface area contributed by atoms with Crippen LogP contribution in [0.15, 0.2) is 47.5 Å². The summed E-state index contributed by atoms with van der Waals surface area (Å²) in [4.78, 5) is 21.5. The van der Waals surface area contributed by atoms with Gasteiger partial charge in [-0.2, -0.15) is 0 Å². The maximum Gasteiger partial charge on any atom is 0.234 e. The van der Waals surface area contributed by atoms with E-state index in [0.29, 0.717) is 0 Å². The molecule has 2 aliphatic rings. The van der Waals surface area contributed by atoms with Gasteiger partial charge in [-0.05, 0) is 44.0 Å². The second-order valence-electron chi connectivity index (χ2n) is 6.64. The van der Waals surface area contributed by atoms with Gasteiger partial charge in [-0.1, -0.05) is 0 Å². The molecule has 4 heterocycles. The molecule has 23 heavy (non-hydrogen) atoms. The van der Waals surface area contributed by atoms with Crippen molar-refractivity contribution >= 4 is 11.6 Å². The Morgan fingerprint density at radius 3 is 3.00 bits per heavy atom. The molecule has 2 saturated heterocycles. The third-order valence-electron chi connectivity index (χ3n) is 5.11. The maximum absolute atomic E-state index is 13.1. The highest BCUT2D eigenvalue weighted by molar-refractivity contribution is 6.00. The van der Waals surface area contributed by atoms with Crippen LogP contribution in [0.1, 0.15) is 24.8 Å². The Morgan fingerprint density at radius 2 is 2.22 bits per heavy atom. The van der Waals surface area contributed by atoms with Crippen LogP contribution in [0.25, 0.3) is 0 Å². The van der Waals surface area contributed by atoms with Crippen molar-refractivity contribution in [2.45, 2.75) is 25.8 Å². The van der Waals surface area contributed by atoms with Crippen molar-refractivity contribution in [1.82, 2.24) is 9.88 Å². The quantitative estimate of drug-likeness (QED) is 0.874. The monoisotopic (exact) mass is 311 g/mol. The lowest BCUT2D eigenvalue weighted by atomic mass is 9.78. The maximum atomic E-state index is 13.1. The molecular formula is C18H21N3O2. The molecule has 5 nitrogen and oxygen atoms in total. The molecule has 0 saturated carbocycles. The van der Waals surface area contributed by atoms with E-state index in [1.165, 1.54) is 5.56 Å². The van der Waals surface area contributed by atoms with Crippen molar-refractivity contribution in [1.29, 1.82) is 0 Å². The molecule has 4 rings (SSSR count). The van der Waals surface area contributed by atoms with Crippen molar-refractivity contribution in [3.63, 3.8) is 0 Å². The molecule has 0 unspecified atom stereocenters. The molecule has 0 bridgehead atoms. The summed E-state index contributed by atoms with van der Waals surface area (Å²) >= 11 is 0. The van der Waals surface area contributed by atoms with Gasteiger partial charge < -0.3 is 9.32 Å². The largest absolute Gasteiger partial charge is 0.472 e. The molecule has 2 fully saturated rings. The third-order valence-corrected chi connectivity index (χ3v) is 5.11. The van der Waals surface area contributed by atoms with Gasteiger partial charge in [0.15, 0.2) is 0 Å². The number of furan rings is 1. The summed E-state index contributed by atoms with van der Waals surface area (Å²) in [5.74, 6) is 0.266. The normalized spacial score (nSPS) is 25.4. The first kappa shape index (κ1) is 14.5. The number of aromatic nitrogens is 1. The van der Waals surface area contributed by atoms with Crippen LogP contribution in [-0.2, 0) is 11.3 Å². The number of hydrogen-bond donors (Lipinski definition) is 0. The van der Waals surface area contributed by atoms with Crippen LogP contribution in [0, 0.1) is 5.41 Å². The zero-order valence-corrected chi connectivity index (χ0v) is 13.1. The van der Waals surface area contributed by atoms with Crippen molar-refractivity contribution in [3.05, 3.63) is 48.7 Å². The number of piperidine rings is 1. The smallest absolute Gasteiger partial charge is 0.234 e. The van der Waals surface area contributed by atoms with Crippen molar-refractivity contribution in [3.8, 4) is 0 Å². The predicted molar refractivity (Wildman–Crippen MR) is 86.9 cm³/mol. The van der Waals surface area contributed by atoms with E-state index in [2.05, 4.69) is 9.88 Å². The van der Waals surface area contributed by atoms with E-state index < -0.39 is 0 Å². The fraction of sp³-hybridized carbons (Fsp3) is 0.444. The molecule has 0 radical (unpaired) electrons. The van der Waals surface area contributed by atoms with E-state index in [1.54, 1.807) is 24.9 Å².